The second kappa shape index (κ2) is 9.64. The maximum Gasteiger partial charge on any atom is 0.416 e. The normalized spacial score (nSPS) is 11.2. The zero-order valence-corrected chi connectivity index (χ0v) is 16.2. The Kier molecular flexibility index (Phi) is 7.51. The van der Waals surface area contributed by atoms with Crippen molar-refractivity contribution in [3.05, 3.63) is 53.6 Å². The van der Waals surface area contributed by atoms with Crippen LogP contribution in [0.15, 0.2) is 47.4 Å². The maximum atomic E-state index is 12.5. The predicted molar refractivity (Wildman–Crippen MR) is 99.8 cm³/mol. The van der Waals surface area contributed by atoms with E-state index >= 15 is 0 Å². The minimum absolute atomic E-state index is 0.0170. The molecule has 8 heteroatoms. The standard InChI is InChI=1S/C20H19F3O4S/c1-13-11-17(7-8-18(13)26-12-14(2)24)28-10-9-19(25)27-16-5-3-15(4-6-16)20(21,22)23/h3-8,11H,9-10,12H2,1-2H3. The average molecular weight is 412 g/mol. The van der Waals surface area contributed by atoms with Gasteiger partial charge in [-0.3, -0.25) is 9.59 Å². The van der Waals surface area contributed by atoms with Crippen molar-refractivity contribution in [1.29, 1.82) is 0 Å². The van der Waals surface area contributed by atoms with Crippen LogP contribution in [0.3, 0.4) is 0 Å². The summed E-state index contributed by atoms with van der Waals surface area (Å²) >= 11 is 1.44. The third-order valence-corrected chi connectivity index (χ3v) is 4.56. The number of esters is 1. The lowest BCUT2D eigenvalue weighted by molar-refractivity contribution is -0.137. The Bertz CT molecular complexity index is 832. The monoisotopic (exact) mass is 412 g/mol. The molecule has 0 unspecified atom stereocenters. The van der Waals surface area contributed by atoms with Crippen LogP contribution in [0.4, 0.5) is 13.2 Å². The number of ketones is 1. The van der Waals surface area contributed by atoms with Gasteiger partial charge in [0.1, 0.15) is 18.1 Å². The fourth-order valence-electron chi connectivity index (χ4n) is 2.20. The van der Waals surface area contributed by atoms with E-state index < -0.39 is 17.7 Å². The molecule has 2 aromatic carbocycles. The molecule has 0 spiro atoms. The van der Waals surface area contributed by atoms with Gasteiger partial charge in [0, 0.05) is 10.6 Å². The van der Waals surface area contributed by atoms with Gasteiger partial charge in [-0.2, -0.15) is 13.2 Å². The van der Waals surface area contributed by atoms with Gasteiger partial charge in [-0.25, -0.2) is 0 Å². The first-order valence-corrected chi connectivity index (χ1v) is 9.37. The molecule has 4 nitrogen and oxygen atoms in total. The lowest BCUT2D eigenvalue weighted by Crippen LogP contribution is -2.09. The van der Waals surface area contributed by atoms with Crippen molar-refractivity contribution in [2.24, 2.45) is 0 Å². The van der Waals surface area contributed by atoms with Gasteiger partial charge in [0.05, 0.1) is 12.0 Å². The SMILES string of the molecule is CC(=O)COc1ccc(SCCC(=O)Oc2ccc(C(F)(F)F)cc2)cc1C. The van der Waals surface area contributed by atoms with Crippen LogP contribution in [-0.4, -0.2) is 24.1 Å². The minimum atomic E-state index is -4.43. The number of carbonyl (C=O) groups excluding carboxylic acids is 2. The summed E-state index contributed by atoms with van der Waals surface area (Å²) in [5, 5.41) is 0. The van der Waals surface area contributed by atoms with E-state index in [1.165, 1.54) is 18.7 Å². The molecule has 0 fully saturated rings. The molecule has 0 aliphatic heterocycles. The van der Waals surface area contributed by atoms with Crippen LogP contribution in [0.1, 0.15) is 24.5 Å². The molecule has 2 rings (SSSR count). The van der Waals surface area contributed by atoms with Crippen molar-refractivity contribution < 1.29 is 32.2 Å². The number of ether oxygens (including phenoxy) is 2. The Balaban J connectivity index is 1.80. The van der Waals surface area contributed by atoms with Crippen molar-refractivity contribution >= 4 is 23.5 Å². The first-order chi connectivity index (χ1) is 13.1. The third kappa shape index (κ3) is 6.92. The summed E-state index contributed by atoms with van der Waals surface area (Å²) in [4.78, 5) is 23.7. The van der Waals surface area contributed by atoms with Gasteiger partial charge in [0.15, 0.2) is 5.78 Å². The van der Waals surface area contributed by atoms with Gasteiger partial charge < -0.3 is 9.47 Å². The third-order valence-electron chi connectivity index (χ3n) is 3.57. The lowest BCUT2D eigenvalue weighted by Gasteiger charge is -2.10. The molecular weight excluding hydrogens is 393 g/mol. The number of benzene rings is 2. The van der Waals surface area contributed by atoms with E-state index in [2.05, 4.69) is 0 Å². The van der Waals surface area contributed by atoms with Crippen LogP contribution in [-0.2, 0) is 15.8 Å². The van der Waals surface area contributed by atoms with Crippen molar-refractivity contribution in [3.8, 4) is 11.5 Å². The highest BCUT2D eigenvalue weighted by atomic mass is 32.2. The highest BCUT2D eigenvalue weighted by Gasteiger charge is 2.30. The van der Waals surface area contributed by atoms with Crippen molar-refractivity contribution in [3.63, 3.8) is 0 Å². The van der Waals surface area contributed by atoms with Crippen LogP contribution in [0.2, 0.25) is 0 Å². The van der Waals surface area contributed by atoms with Gasteiger partial charge in [0.2, 0.25) is 0 Å². The predicted octanol–water partition coefficient (Wildman–Crippen LogP) is 5.07. The molecule has 0 bridgehead atoms. The van der Waals surface area contributed by atoms with Gasteiger partial charge in [-0.15, -0.1) is 11.8 Å². The van der Waals surface area contributed by atoms with Gasteiger partial charge in [-0.05, 0) is 61.9 Å². The molecule has 2 aromatic rings. The first kappa shape index (κ1) is 21.8. The van der Waals surface area contributed by atoms with E-state index in [1.807, 2.05) is 19.1 Å². The van der Waals surface area contributed by atoms with Crippen LogP contribution in [0.25, 0.3) is 0 Å². The zero-order valence-electron chi connectivity index (χ0n) is 15.3. The Labute approximate surface area is 165 Å². The van der Waals surface area contributed by atoms with Crippen LogP contribution < -0.4 is 9.47 Å². The van der Waals surface area contributed by atoms with Gasteiger partial charge >= 0.3 is 12.1 Å². The number of Topliss-reactive ketones (excluding diaryl/α,β-unsaturated/α-hetero) is 1. The second-order valence-corrected chi connectivity index (χ2v) is 7.18. The Morgan fingerprint density at radius 3 is 2.32 bits per heavy atom. The summed E-state index contributed by atoms with van der Waals surface area (Å²) in [5.74, 6) is 0.564. The molecule has 0 saturated heterocycles. The highest BCUT2D eigenvalue weighted by molar-refractivity contribution is 7.99. The fourth-order valence-corrected chi connectivity index (χ4v) is 3.13. The largest absolute Gasteiger partial charge is 0.486 e. The molecule has 0 N–H and O–H groups in total. The molecular formula is C20H19F3O4S. The maximum absolute atomic E-state index is 12.5. The number of carbonyl (C=O) groups is 2. The van der Waals surface area contributed by atoms with Crippen molar-refractivity contribution in [2.45, 2.75) is 31.3 Å². The molecule has 28 heavy (non-hydrogen) atoms. The number of rotatable bonds is 8. The molecule has 0 aromatic heterocycles. The van der Waals surface area contributed by atoms with E-state index in [9.17, 15) is 22.8 Å². The lowest BCUT2D eigenvalue weighted by atomic mass is 10.2. The zero-order chi connectivity index (χ0) is 20.7. The number of thioether (sulfide) groups is 1. The van der Waals surface area contributed by atoms with E-state index in [4.69, 9.17) is 9.47 Å². The molecule has 0 heterocycles. The summed E-state index contributed by atoms with van der Waals surface area (Å²) in [6, 6.07) is 9.47. The molecule has 0 saturated carbocycles. The summed E-state index contributed by atoms with van der Waals surface area (Å²) < 4.78 is 48.0. The Morgan fingerprint density at radius 1 is 1.07 bits per heavy atom. The Morgan fingerprint density at radius 2 is 1.75 bits per heavy atom. The summed E-state index contributed by atoms with van der Waals surface area (Å²) in [6.45, 7) is 3.32. The van der Waals surface area contributed by atoms with Gasteiger partial charge in [0.25, 0.3) is 0 Å². The smallest absolute Gasteiger partial charge is 0.416 e. The van der Waals surface area contributed by atoms with Crippen molar-refractivity contribution in [2.75, 3.05) is 12.4 Å². The molecule has 0 amide bonds. The summed E-state index contributed by atoms with van der Waals surface area (Å²) in [5.41, 5.74) is 0.0764. The topological polar surface area (TPSA) is 52.6 Å². The number of hydrogen-bond donors (Lipinski definition) is 0. The summed E-state index contributed by atoms with van der Waals surface area (Å²) in [6.07, 6.45) is -4.32. The molecule has 0 radical (unpaired) electrons. The number of hydrogen-bond acceptors (Lipinski definition) is 5. The van der Waals surface area contributed by atoms with Crippen LogP contribution in [0.5, 0.6) is 11.5 Å². The van der Waals surface area contributed by atoms with E-state index in [1.54, 1.807) is 6.07 Å². The van der Waals surface area contributed by atoms with Crippen LogP contribution >= 0.6 is 11.8 Å². The molecule has 0 aliphatic carbocycles. The second-order valence-electron chi connectivity index (χ2n) is 6.01. The summed E-state index contributed by atoms with van der Waals surface area (Å²) in [7, 11) is 0. The molecule has 150 valence electrons. The number of halogens is 3. The fraction of sp³-hybridized carbons (Fsp3) is 0.300. The highest BCUT2D eigenvalue weighted by Crippen LogP contribution is 2.30. The van der Waals surface area contributed by atoms with E-state index in [0.29, 0.717) is 11.5 Å². The number of alkyl halides is 3. The quantitative estimate of drug-likeness (QED) is 0.344. The average Bonchev–Trinajstić information content (AvgIpc) is 2.60. The molecule has 0 atom stereocenters. The number of aryl methyl sites for hydroxylation is 1. The van der Waals surface area contributed by atoms with Crippen LogP contribution in [0, 0.1) is 6.92 Å². The first-order valence-electron chi connectivity index (χ1n) is 8.39. The van der Waals surface area contributed by atoms with Gasteiger partial charge in [-0.1, -0.05) is 0 Å². The van der Waals surface area contributed by atoms with Crippen molar-refractivity contribution in [1.82, 2.24) is 0 Å². The molecule has 0 aliphatic rings. The van der Waals surface area contributed by atoms with E-state index in [0.717, 1.165) is 34.7 Å². The van der Waals surface area contributed by atoms with E-state index in [-0.39, 0.29) is 24.6 Å². The minimum Gasteiger partial charge on any atom is -0.486 e. The Hall–Kier alpha value is -2.48.